The Morgan fingerprint density at radius 3 is 2.05 bits per heavy atom. The molecule has 7 heteroatoms. The summed E-state index contributed by atoms with van der Waals surface area (Å²) < 4.78 is 28.6. The van der Waals surface area contributed by atoms with Crippen molar-refractivity contribution < 1.29 is 18.1 Å². The summed E-state index contributed by atoms with van der Waals surface area (Å²) in [7, 11) is -3.96. The predicted molar refractivity (Wildman–Crippen MR) is 83.1 cm³/mol. The van der Waals surface area contributed by atoms with Crippen LogP contribution >= 0.6 is 0 Å². The summed E-state index contributed by atoms with van der Waals surface area (Å²) in [6.45, 7) is 7.34. The number of hydrogen-bond donors (Lipinski definition) is 3. The van der Waals surface area contributed by atoms with Crippen molar-refractivity contribution in [3.05, 3.63) is 29.3 Å². The fourth-order valence-corrected chi connectivity index (χ4v) is 3.07. The molecule has 0 fully saturated rings. The summed E-state index contributed by atoms with van der Waals surface area (Å²) in [4.78, 5) is 0. The van der Waals surface area contributed by atoms with Gasteiger partial charge in [0.05, 0.1) is 0 Å². The minimum absolute atomic E-state index is 0.472. The second-order valence-corrected chi connectivity index (χ2v) is 7.03. The molecule has 0 heterocycles. The van der Waals surface area contributed by atoms with Gasteiger partial charge in [-0.1, -0.05) is 6.07 Å². The van der Waals surface area contributed by atoms with E-state index in [-0.39, 0.29) is 0 Å². The zero-order valence-electron chi connectivity index (χ0n) is 12.5. The van der Waals surface area contributed by atoms with E-state index < -0.39 is 22.0 Å². The van der Waals surface area contributed by atoms with Gasteiger partial charge in [-0.15, -0.1) is 0 Å². The number of hydrogen-bond acceptors (Lipinski definition) is 4. The van der Waals surface area contributed by atoms with Crippen LogP contribution < -0.4 is 5.32 Å². The van der Waals surface area contributed by atoms with Crippen LogP contribution in [0.25, 0.3) is 0 Å². The van der Waals surface area contributed by atoms with E-state index in [0.717, 1.165) is 34.5 Å². The van der Waals surface area contributed by atoms with Crippen LogP contribution in [0.15, 0.2) is 18.2 Å². The average Bonchev–Trinajstić information content (AvgIpc) is 2.26. The van der Waals surface area contributed by atoms with Gasteiger partial charge in [-0.2, -0.15) is 0 Å². The van der Waals surface area contributed by atoms with Gasteiger partial charge in [0, 0.05) is 12.2 Å². The van der Waals surface area contributed by atoms with Crippen molar-refractivity contribution >= 4 is 43.7 Å². The molecule has 0 saturated heterocycles. The number of aliphatic hydroxyl groups is 1. The van der Waals surface area contributed by atoms with Crippen LogP contribution in [0.1, 0.15) is 18.1 Å². The molecule has 0 aliphatic heterocycles. The van der Waals surface area contributed by atoms with Crippen molar-refractivity contribution in [1.82, 2.24) is 0 Å². The van der Waals surface area contributed by atoms with E-state index in [1.165, 1.54) is 16.8 Å². The zero-order chi connectivity index (χ0) is 15.8. The van der Waals surface area contributed by atoms with E-state index in [1.807, 2.05) is 0 Å². The fourth-order valence-electron chi connectivity index (χ4n) is 1.64. The second kappa shape index (κ2) is 9.76. The van der Waals surface area contributed by atoms with Crippen molar-refractivity contribution in [1.29, 1.82) is 0 Å². The quantitative estimate of drug-likeness (QED) is 0.567. The molecule has 0 saturated carbocycles. The van der Waals surface area contributed by atoms with E-state index in [0.29, 0.717) is 3.67 Å². The second-order valence-electron chi connectivity index (χ2n) is 4.72. The third kappa shape index (κ3) is 10.7. The van der Waals surface area contributed by atoms with Crippen LogP contribution in [0.3, 0.4) is 0 Å². The van der Waals surface area contributed by atoms with Gasteiger partial charge < -0.3 is 5.32 Å². The van der Waals surface area contributed by atoms with Crippen molar-refractivity contribution in [2.24, 2.45) is 0 Å². The molecule has 1 atom stereocenters. The van der Waals surface area contributed by atoms with Crippen molar-refractivity contribution in [2.75, 3.05) is 17.6 Å². The fraction of sp³-hybridized carbons (Fsp3) is 0.538. The van der Waals surface area contributed by atoms with Gasteiger partial charge in [-0.3, -0.25) is 0 Å². The van der Waals surface area contributed by atoms with Crippen LogP contribution in [-0.4, -0.2) is 64.4 Å². The molecular weight excluding hydrogens is 289 g/mol. The molecule has 0 bridgehead atoms. The molecule has 5 nitrogen and oxygen atoms in total. The van der Waals surface area contributed by atoms with E-state index >= 15 is 0 Å². The third-order valence-electron chi connectivity index (χ3n) is 2.48. The van der Waals surface area contributed by atoms with Gasteiger partial charge in [-0.25, -0.2) is 0 Å². The van der Waals surface area contributed by atoms with Crippen molar-refractivity contribution in [3.8, 4) is 0 Å². The Morgan fingerprint density at radius 2 is 1.75 bits per heavy atom. The van der Waals surface area contributed by atoms with Crippen LogP contribution in [0.4, 0.5) is 5.69 Å². The van der Waals surface area contributed by atoms with Gasteiger partial charge >= 0.3 is 71.7 Å². The molecule has 1 rings (SSSR count). The van der Waals surface area contributed by atoms with Crippen LogP contribution in [0.2, 0.25) is 3.67 Å². The number of rotatable bonds is 5. The average molecular weight is 311 g/mol. The molecule has 1 aromatic carbocycles. The molecule has 0 radical (unpaired) electrons. The Morgan fingerprint density at radius 1 is 1.25 bits per heavy atom. The molecule has 1 aromatic rings. The molecule has 0 amide bonds. The van der Waals surface area contributed by atoms with Gasteiger partial charge in [0.15, 0.2) is 0 Å². The molecule has 0 aliphatic rings. The molecule has 110 valence electrons. The summed E-state index contributed by atoms with van der Waals surface area (Å²) in [5.41, 5.74) is 3.87. The Hall–Kier alpha value is -0.110. The molecule has 0 aliphatic carbocycles. The summed E-state index contributed by atoms with van der Waals surface area (Å²) >= 11 is 0.741. The molecular formula is C13H22NNaO4S. The number of nitrogens with one attached hydrogen (secondary N) is 1. The van der Waals surface area contributed by atoms with Gasteiger partial charge in [-0.05, 0) is 44.0 Å². The summed E-state index contributed by atoms with van der Waals surface area (Å²) in [5.74, 6) is -0.531. The summed E-state index contributed by atoms with van der Waals surface area (Å²) in [6.07, 6.45) is -0.883. The number of aryl methyl sites for hydroxylation is 2. The van der Waals surface area contributed by atoms with Gasteiger partial charge in [0.1, 0.15) is 0 Å². The predicted octanol–water partition coefficient (Wildman–Crippen LogP) is 1.56. The van der Waals surface area contributed by atoms with Gasteiger partial charge in [0.25, 0.3) is 0 Å². The van der Waals surface area contributed by atoms with E-state index in [9.17, 15) is 8.42 Å². The minimum atomic E-state index is -3.96. The van der Waals surface area contributed by atoms with Gasteiger partial charge in [0.2, 0.25) is 0 Å². The number of benzene rings is 1. The topological polar surface area (TPSA) is 86.6 Å². The Bertz CT molecular complexity index is 485. The van der Waals surface area contributed by atoms with E-state index in [2.05, 4.69) is 44.3 Å². The first-order valence-corrected chi connectivity index (χ1v) is 9.65. The third-order valence-corrected chi connectivity index (χ3v) is 4.23. The number of aliphatic hydroxyl groups excluding tert-OH is 1. The maximum absolute atomic E-state index is 10.0. The molecule has 0 spiro atoms. The summed E-state index contributed by atoms with van der Waals surface area (Å²) in [6, 6.07) is 6.51. The Balaban J connectivity index is 0.000000370. The van der Waals surface area contributed by atoms with Crippen molar-refractivity contribution in [3.63, 3.8) is 0 Å². The summed E-state index contributed by atoms with van der Waals surface area (Å²) in [5, 5.41) is 12.0. The van der Waals surface area contributed by atoms with E-state index in [1.54, 1.807) is 0 Å². The molecule has 0 aromatic heterocycles. The normalized spacial score (nSPS) is 12.3. The molecule has 20 heavy (non-hydrogen) atoms. The van der Waals surface area contributed by atoms with Crippen LogP contribution in [0, 0.1) is 13.8 Å². The van der Waals surface area contributed by atoms with Crippen LogP contribution in [-0.2, 0) is 10.1 Å². The number of anilines is 1. The monoisotopic (exact) mass is 311 g/mol. The molecule has 1 unspecified atom stereocenters. The SMILES string of the molecule is CCNc1cc(C)cc(C)c1.O=S(=O)(O)CC(O)[CH2][Na]. The Labute approximate surface area is 138 Å². The molecule has 3 N–H and O–H groups in total. The first-order chi connectivity index (χ1) is 9.17. The van der Waals surface area contributed by atoms with Crippen LogP contribution in [0.5, 0.6) is 0 Å². The standard InChI is InChI=1S/C10H15N.C3H7O4S.Na/c1-4-11-10-6-8(2)5-9(3)7-10;1-3(4)2-8(5,6)7;/h5-7,11H,4H2,1-3H3;3-4H,1-2H2,(H,5,6,7);. The Kier molecular flexibility index (Phi) is 9.71. The first kappa shape index (κ1) is 19.9. The zero-order valence-corrected chi connectivity index (χ0v) is 15.4. The van der Waals surface area contributed by atoms with E-state index in [4.69, 9.17) is 9.66 Å². The van der Waals surface area contributed by atoms with Crippen molar-refractivity contribution in [2.45, 2.75) is 30.5 Å². The first-order valence-electron chi connectivity index (χ1n) is 6.63. The maximum atomic E-state index is 10.0.